The van der Waals surface area contributed by atoms with Crippen molar-refractivity contribution in [3.8, 4) is 17.2 Å². The number of aromatic hydroxyl groups is 3. The van der Waals surface area contributed by atoms with E-state index in [-0.39, 0.29) is 58.7 Å². The Morgan fingerprint density at radius 2 is 1.23 bits per heavy atom. The molecule has 39 heavy (non-hydrogen) atoms. The third kappa shape index (κ3) is 5.95. The van der Waals surface area contributed by atoms with Gasteiger partial charge in [0.05, 0.1) is 0 Å². The first-order valence-electron chi connectivity index (χ1n) is 14.7. The SMILES string of the molecule is CC1=C[C@@H](c2c(O)c(C(=O)CCc3ccccc3)c(O)c([C@@H]3C=C(C)CC[C@H]3C(C)C)c2O)[C@H](C(C)C)CC1. The van der Waals surface area contributed by atoms with Gasteiger partial charge in [-0.2, -0.15) is 0 Å². The Morgan fingerprint density at radius 3 is 1.67 bits per heavy atom. The van der Waals surface area contributed by atoms with E-state index in [2.05, 4.69) is 53.7 Å². The van der Waals surface area contributed by atoms with Crippen LogP contribution in [0.1, 0.15) is 113 Å². The lowest BCUT2D eigenvalue weighted by Crippen LogP contribution is -2.24. The molecule has 0 radical (unpaired) electrons. The van der Waals surface area contributed by atoms with Crippen LogP contribution in [0, 0.1) is 23.7 Å². The van der Waals surface area contributed by atoms with Gasteiger partial charge in [0.1, 0.15) is 22.8 Å². The van der Waals surface area contributed by atoms with Gasteiger partial charge in [0.15, 0.2) is 5.78 Å². The van der Waals surface area contributed by atoms with E-state index in [9.17, 15) is 20.1 Å². The number of Topliss-reactive ketones (excluding diaryl/α,β-unsaturated/α-hetero) is 1. The Hall–Kier alpha value is -3.01. The van der Waals surface area contributed by atoms with Gasteiger partial charge in [-0.1, -0.05) is 81.3 Å². The highest BCUT2D eigenvalue weighted by atomic mass is 16.3. The third-order valence-corrected chi connectivity index (χ3v) is 9.23. The molecular weight excluding hydrogens is 484 g/mol. The highest BCUT2D eigenvalue weighted by Gasteiger charge is 2.40. The zero-order valence-electron chi connectivity index (χ0n) is 24.5. The fourth-order valence-corrected chi connectivity index (χ4v) is 6.94. The van der Waals surface area contributed by atoms with Crippen LogP contribution in [0.4, 0.5) is 0 Å². The summed E-state index contributed by atoms with van der Waals surface area (Å²) in [5, 5.41) is 35.4. The van der Waals surface area contributed by atoms with Crippen molar-refractivity contribution in [3.63, 3.8) is 0 Å². The number of carbonyl (C=O) groups excluding carboxylic acids is 1. The normalized spacial score (nSPS) is 23.6. The first-order valence-corrected chi connectivity index (χ1v) is 14.7. The molecule has 0 saturated carbocycles. The molecule has 4 rings (SSSR count). The van der Waals surface area contributed by atoms with Crippen molar-refractivity contribution in [2.45, 2.75) is 91.9 Å². The maximum atomic E-state index is 13.8. The summed E-state index contributed by atoms with van der Waals surface area (Å²) in [5.74, 6) is -0.258. The Kier molecular flexibility index (Phi) is 8.93. The van der Waals surface area contributed by atoms with Gasteiger partial charge in [-0.05, 0) is 75.2 Å². The van der Waals surface area contributed by atoms with Crippen molar-refractivity contribution < 1.29 is 20.1 Å². The lowest BCUT2D eigenvalue weighted by atomic mass is 9.68. The highest BCUT2D eigenvalue weighted by Crippen LogP contribution is 2.56. The molecule has 2 aliphatic rings. The minimum absolute atomic E-state index is 0.0352. The summed E-state index contributed by atoms with van der Waals surface area (Å²) in [6.45, 7) is 12.9. The van der Waals surface area contributed by atoms with Crippen LogP contribution >= 0.6 is 0 Å². The molecule has 2 aromatic rings. The molecule has 2 aromatic carbocycles. The van der Waals surface area contributed by atoms with Crippen molar-refractivity contribution in [1.82, 2.24) is 0 Å². The molecule has 0 fully saturated rings. The van der Waals surface area contributed by atoms with Crippen LogP contribution in [-0.4, -0.2) is 21.1 Å². The van der Waals surface area contributed by atoms with Crippen LogP contribution < -0.4 is 0 Å². The van der Waals surface area contributed by atoms with E-state index in [1.807, 2.05) is 30.3 Å². The lowest BCUT2D eigenvalue weighted by Gasteiger charge is -2.37. The van der Waals surface area contributed by atoms with Gasteiger partial charge in [-0.15, -0.1) is 0 Å². The van der Waals surface area contributed by atoms with Gasteiger partial charge in [0.25, 0.3) is 0 Å². The van der Waals surface area contributed by atoms with Gasteiger partial charge in [-0.3, -0.25) is 4.79 Å². The van der Waals surface area contributed by atoms with Crippen LogP contribution in [0.3, 0.4) is 0 Å². The summed E-state index contributed by atoms with van der Waals surface area (Å²) in [6.07, 6.45) is 8.85. The number of hydrogen-bond acceptors (Lipinski definition) is 4. The number of aryl methyl sites for hydroxylation is 1. The number of ketones is 1. The molecule has 0 spiro atoms. The van der Waals surface area contributed by atoms with Crippen molar-refractivity contribution in [1.29, 1.82) is 0 Å². The standard InChI is InChI=1S/C35H46O4/c1-20(2)25-15-12-22(5)18-27(25)30-33(37)31(28-19-23(6)13-16-26(28)21(3)4)35(39)32(34(30)38)29(36)17-14-24-10-8-7-9-11-24/h7-11,18-21,25-28,37-39H,12-17H2,1-6H3/t25-,26-,27+,28+/m0/s1. The zero-order chi connectivity index (χ0) is 28.4. The predicted molar refractivity (Wildman–Crippen MR) is 159 cm³/mol. The molecule has 4 heteroatoms. The van der Waals surface area contributed by atoms with Gasteiger partial charge in [0, 0.05) is 29.4 Å². The fraction of sp³-hybridized carbons (Fsp3) is 0.514. The zero-order valence-corrected chi connectivity index (χ0v) is 24.5. The molecule has 3 N–H and O–H groups in total. The first kappa shape index (κ1) is 29.0. The summed E-state index contributed by atoms with van der Waals surface area (Å²) in [4.78, 5) is 13.8. The second-order valence-electron chi connectivity index (χ2n) is 12.6. The predicted octanol–water partition coefficient (Wildman–Crippen LogP) is 8.81. The van der Waals surface area contributed by atoms with E-state index in [4.69, 9.17) is 0 Å². The summed E-state index contributed by atoms with van der Waals surface area (Å²) < 4.78 is 0. The molecule has 0 aromatic heterocycles. The van der Waals surface area contributed by atoms with Gasteiger partial charge >= 0.3 is 0 Å². The van der Waals surface area contributed by atoms with Gasteiger partial charge in [0.2, 0.25) is 0 Å². The number of allylic oxidation sites excluding steroid dienone is 4. The summed E-state index contributed by atoms with van der Waals surface area (Å²) in [6, 6.07) is 9.79. The second-order valence-corrected chi connectivity index (χ2v) is 12.6. The first-order chi connectivity index (χ1) is 18.5. The molecule has 0 aliphatic heterocycles. The summed E-state index contributed by atoms with van der Waals surface area (Å²) in [5.41, 5.74) is 4.24. The van der Waals surface area contributed by atoms with E-state index in [0.29, 0.717) is 29.4 Å². The van der Waals surface area contributed by atoms with Crippen LogP contribution in [0.5, 0.6) is 17.2 Å². The molecule has 4 atom stereocenters. The second kappa shape index (κ2) is 12.0. The Morgan fingerprint density at radius 1 is 0.769 bits per heavy atom. The van der Waals surface area contributed by atoms with Crippen LogP contribution in [0.15, 0.2) is 53.6 Å². The van der Waals surface area contributed by atoms with E-state index in [1.54, 1.807) is 0 Å². The van der Waals surface area contributed by atoms with Crippen LogP contribution in [-0.2, 0) is 6.42 Å². The maximum absolute atomic E-state index is 13.8. The van der Waals surface area contributed by atoms with Gasteiger partial charge < -0.3 is 15.3 Å². The largest absolute Gasteiger partial charge is 0.507 e. The molecule has 0 amide bonds. The number of carbonyl (C=O) groups is 1. The molecule has 4 nitrogen and oxygen atoms in total. The fourth-order valence-electron chi connectivity index (χ4n) is 6.94. The van der Waals surface area contributed by atoms with Crippen molar-refractivity contribution in [2.75, 3.05) is 0 Å². The van der Waals surface area contributed by atoms with Gasteiger partial charge in [-0.25, -0.2) is 0 Å². The Balaban J connectivity index is 1.93. The average Bonchev–Trinajstić information content (AvgIpc) is 2.88. The minimum Gasteiger partial charge on any atom is -0.507 e. The average molecular weight is 531 g/mol. The number of hydrogen-bond donors (Lipinski definition) is 3. The summed E-state index contributed by atoms with van der Waals surface area (Å²) >= 11 is 0. The topological polar surface area (TPSA) is 77.8 Å². The number of phenolic OH excluding ortho intramolecular Hbond substituents is 3. The van der Waals surface area contributed by atoms with E-state index in [1.165, 1.54) is 11.1 Å². The smallest absolute Gasteiger partial charge is 0.170 e. The molecule has 0 bridgehead atoms. The Bertz CT molecular complexity index is 1180. The van der Waals surface area contributed by atoms with E-state index < -0.39 is 0 Å². The summed E-state index contributed by atoms with van der Waals surface area (Å²) in [7, 11) is 0. The van der Waals surface area contributed by atoms with Crippen molar-refractivity contribution >= 4 is 5.78 Å². The van der Waals surface area contributed by atoms with Crippen molar-refractivity contribution in [3.05, 3.63) is 75.9 Å². The monoisotopic (exact) mass is 530 g/mol. The lowest BCUT2D eigenvalue weighted by molar-refractivity contribution is 0.0976. The van der Waals surface area contributed by atoms with E-state index in [0.717, 1.165) is 31.2 Å². The minimum atomic E-state index is -0.299. The molecular formula is C35H46O4. The molecule has 0 heterocycles. The molecule has 2 aliphatic carbocycles. The third-order valence-electron chi connectivity index (χ3n) is 9.23. The highest BCUT2D eigenvalue weighted by molar-refractivity contribution is 6.03. The quantitative estimate of drug-likeness (QED) is 0.235. The maximum Gasteiger partial charge on any atom is 0.170 e. The molecule has 0 saturated heterocycles. The Labute approximate surface area is 234 Å². The number of rotatable bonds is 8. The number of benzene rings is 2. The van der Waals surface area contributed by atoms with Crippen LogP contribution in [0.2, 0.25) is 0 Å². The van der Waals surface area contributed by atoms with E-state index >= 15 is 0 Å². The molecule has 0 unspecified atom stereocenters. The number of phenols is 3. The van der Waals surface area contributed by atoms with Crippen molar-refractivity contribution in [2.24, 2.45) is 23.7 Å². The van der Waals surface area contributed by atoms with Crippen LogP contribution in [0.25, 0.3) is 0 Å². The molecule has 210 valence electrons.